The van der Waals surface area contributed by atoms with E-state index in [0.717, 1.165) is 47.4 Å². The van der Waals surface area contributed by atoms with Crippen LogP contribution in [0.4, 0.5) is 11.6 Å². The Morgan fingerprint density at radius 2 is 1.90 bits per heavy atom. The minimum atomic E-state index is 0.700. The number of aryl methyl sites for hydroxylation is 1. The van der Waals surface area contributed by atoms with Gasteiger partial charge in [-0.1, -0.05) is 13.8 Å². The van der Waals surface area contributed by atoms with E-state index < -0.39 is 0 Å². The van der Waals surface area contributed by atoms with Crippen molar-refractivity contribution in [3.05, 3.63) is 28.0 Å². The maximum atomic E-state index is 4.57. The molecular weight excluding hydrogens is 270 g/mol. The molecule has 2 aromatic heterocycles. The second kappa shape index (κ2) is 7.19. The second-order valence-corrected chi connectivity index (χ2v) is 5.50. The fraction of sp³-hybridized carbons (Fsp3) is 0.500. The number of anilines is 2. The highest BCUT2D eigenvalue weighted by molar-refractivity contribution is 7.09. The standard InChI is InChI=1S/C14H21N5S/c1-4-6-16-13-10(3)14(19-11(5-2)18-13)17-9-12-15-7-8-20-12/h7-8H,4-6,9H2,1-3H3,(H2,16,17,18,19). The van der Waals surface area contributed by atoms with E-state index in [0.29, 0.717) is 6.54 Å². The van der Waals surface area contributed by atoms with Crippen molar-refractivity contribution >= 4 is 23.0 Å². The second-order valence-electron chi connectivity index (χ2n) is 4.52. The summed E-state index contributed by atoms with van der Waals surface area (Å²) in [6, 6.07) is 0. The Labute approximate surface area is 123 Å². The summed E-state index contributed by atoms with van der Waals surface area (Å²) in [5, 5.41) is 9.77. The smallest absolute Gasteiger partial charge is 0.135 e. The summed E-state index contributed by atoms with van der Waals surface area (Å²) in [4.78, 5) is 13.4. The van der Waals surface area contributed by atoms with Gasteiger partial charge < -0.3 is 10.6 Å². The highest BCUT2D eigenvalue weighted by atomic mass is 32.1. The van der Waals surface area contributed by atoms with Crippen LogP contribution in [0.5, 0.6) is 0 Å². The van der Waals surface area contributed by atoms with Crippen LogP contribution in [0.2, 0.25) is 0 Å². The fourth-order valence-corrected chi connectivity index (χ4v) is 2.36. The minimum Gasteiger partial charge on any atom is -0.370 e. The van der Waals surface area contributed by atoms with Gasteiger partial charge in [0.1, 0.15) is 22.5 Å². The Morgan fingerprint density at radius 1 is 1.15 bits per heavy atom. The van der Waals surface area contributed by atoms with Crippen molar-refractivity contribution in [2.75, 3.05) is 17.2 Å². The molecule has 0 aliphatic carbocycles. The average Bonchev–Trinajstić information content (AvgIpc) is 2.98. The van der Waals surface area contributed by atoms with Gasteiger partial charge in [0.25, 0.3) is 0 Å². The van der Waals surface area contributed by atoms with Crippen molar-refractivity contribution < 1.29 is 0 Å². The molecule has 0 aliphatic heterocycles. The van der Waals surface area contributed by atoms with E-state index in [4.69, 9.17) is 0 Å². The summed E-state index contributed by atoms with van der Waals surface area (Å²) in [5.41, 5.74) is 1.06. The molecule has 2 rings (SSSR count). The Balaban J connectivity index is 2.17. The van der Waals surface area contributed by atoms with Crippen LogP contribution < -0.4 is 10.6 Å². The quantitative estimate of drug-likeness (QED) is 0.820. The van der Waals surface area contributed by atoms with Gasteiger partial charge in [-0.15, -0.1) is 11.3 Å². The Kier molecular flexibility index (Phi) is 5.29. The third-order valence-corrected chi connectivity index (χ3v) is 3.72. The van der Waals surface area contributed by atoms with Gasteiger partial charge in [0.05, 0.1) is 6.54 Å². The van der Waals surface area contributed by atoms with Crippen molar-refractivity contribution in [1.82, 2.24) is 15.0 Å². The van der Waals surface area contributed by atoms with Gasteiger partial charge in [-0.3, -0.25) is 0 Å². The molecule has 5 nitrogen and oxygen atoms in total. The first-order valence-corrected chi connectivity index (χ1v) is 7.86. The lowest BCUT2D eigenvalue weighted by atomic mass is 10.2. The van der Waals surface area contributed by atoms with Crippen LogP contribution >= 0.6 is 11.3 Å². The Hall–Kier alpha value is -1.69. The molecule has 0 radical (unpaired) electrons. The van der Waals surface area contributed by atoms with E-state index in [-0.39, 0.29) is 0 Å². The van der Waals surface area contributed by atoms with Gasteiger partial charge >= 0.3 is 0 Å². The fourth-order valence-electron chi connectivity index (χ4n) is 1.81. The minimum absolute atomic E-state index is 0.700. The summed E-state index contributed by atoms with van der Waals surface area (Å²) in [6.07, 6.45) is 3.72. The van der Waals surface area contributed by atoms with Crippen molar-refractivity contribution in [2.24, 2.45) is 0 Å². The number of nitrogens with one attached hydrogen (secondary N) is 2. The summed E-state index contributed by atoms with van der Waals surface area (Å²) in [6.45, 7) is 7.88. The number of hydrogen-bond acceptors (Lipinski definition) is 6. The van der Waals surface area contributed by atoms with Crippen molar-refractivity contribution in [1.29, 1.82) is 0 Å². The van der Waals surface area contributed by atoms with E-state index in [1.165, 1.54) is 0 Å². The van der Waals surface area contributed by atoms with Crippen LogP contribution in [0.1, 0.15) is 36.7 Å². The molecule has 2 aromatic rings. The van der Waals surface area contributed by atoms with Crippen LogP contribution in [0.25, 0.3) is 0 Å². The molecular formula is C14H21N5S. The first-order chi connectivity index (χ1) is 9.74. The van der Waals surface area contributed by atoms with Crippen molar-refractivity contribution in [3.63, 3.8) is 0 Å². The third kappa shape index (κ3) is 3.66. The van der Waals surface area contributed by atoms with Gasteiger partial charge in [-0.05, 0) is 13.3 Å². The van der Waals surface area contributed by atoms with E-state index >= 15 is 0 Å². The maximum Gasteiger partial charge on any atom is 0.135 e. The van der Waals surface area contributed by atoms with Gasteiger partial charge in [0, 0.05) is 30.1 Å². The molecule has 0 aromatic carbocycles. The van der Waals surface area contributed by atoms with Gasteiger partial charge in [-0.2, -0.15) is 0 Å². The van der Waals surface area contributed by atoms with E-state index in [1.54, 1.807) is 11.3 Å². The van der Waals surface area contributed by atoms with Crippen LogP contribution in [-0.2, 0) is 13.0 Å². The summed E-state index contributed by atoms with van der Waals surface area (Å²) < 4.78 is 0. The molecule has 0 amide bonds. The predicted molar refractivity (Wildman–Crippen MR) is 84.4 cm³/mol. The number of aromatic nitrogens is 3. The summed E-state index contributed by atoms with van der Waals surface area (Å²) in [7, 11) is 0. The summed E-state index contributed by atoms with van der Waals surface area (Å²) in [5.74, 6) is 2.68. The molecule has 2 N–H and O–H groups in total. The van der Waals surface area contributed by atoms with E-state index in [2.05, 4.69) is 39.4 Å². The number of hydrogen-bond donors (Lipinski definition) is 2. The third-order valence-electron chi connectivity index (χ3n) is 2.94. The molecule has 0 atom stereocenters. The van der Waals surface area contributed by atoms with E-state index in [1.807, 2.05) is 18.5 Å². The molecule has 0 aliphatic rings. The molecule has 6 heteroatoms. The molecule has 0 spiro atoms. The van der Waals surface area contributed by atoms with Crippen molar-refractivity contribution in [3.8, 4) is 0 Å². The molecule has 108 valence electrons. The number of rotatable bonds is 7. The maximum absolute atomic E-state index is 4.57. The van der Waals surface area contributed by atoms with E-state index in [9.17, 15) is 0 Å². The monoisotopic (exact) mass is 291 g/mol. The first kappa shape index (κ1) is 14.7. The van der Waals surface area contributed by atoms with Crippen molar-refractivity contribution in [2.45, 2.75) is 40.2 Å². The van der Waals surface area contributed by atoms with Gasteiger partial charge in [0.15, 0.2) is 0 Å². The zero-order valence-electron chi connectivity index (χ0n) is 12.2. The number of nitrogens with zero attached hydrogens (tertiary/aromatic N) is 3. The Bertz CT molecular complexity index is 539. The molecule has 0 saturated carbocycles. The highest BCUT2D eigenvalue weighted by Crippen LogP contribution is 2.21. The van der Waals surface area contributed by atoms with Crippen LogP contribution in [0.3, 0.4) is 0 Å². The van der Waals surface area contributed by atoms with Crippen LogP contribution in [-0.4, -0.2) is 21.5 Å². The predicted octanol–water partition coefficient (Wildman–Crippen LogP) is 3.24. The van der Waals surface area contributed by atoms with Crippen LogP contribution in [0, 0.1) is 6.92 Å². The molecule has 20 heavy (non-hydrogen) atoms. The summed E-state index contributed by atoms with van der Waals surface area (Å²) >= 11 is 1.64. The molecule has 0 fully saturated rings. The van der Waals surface area contributed by atoms with Crippen LogP contribution in [0.15, 0.2) is 11.6 Å². The lowest BCUT2D eigenvalue weighted by molar-refractivity contribution is 0.902. The van der Waals surface area contributed by atoms with Gasteiger partial charge in [-0.25, -0.2) is 15.0 Å². The molecule has 2 heterocycles. The lowest BCUT2D eigenvalue weighted by Gasteiger charge is -2.14. The first-order valence-electron chi connectivity index (χ1n) is 6.98. The molecule has 0 bridgehead atoms. The topological polar surface area (TPSA) is 62.7 Å². The normalized spacial score (nSPS) is 10.6. The zero-order chi connectivity index (χ0) is 14.4. The van der Waals surface area contributed by atoms with Gasteiger partial charge in [0.2, 0.25) is 0 Å². The molecule has 0 saturated heterocycles. The zero-order valence-corrected chi connectivity index (χ0v) is 13.0. The highest BCUT2D eigenvalue weighted by Gasteiger charge is 2.10. The SMILES string of the molecule is CCCNc1nc(CC)nc(NCc2nccs2)c1C. The average molecular weight is 291 g/mol. The largest absolute Gasteiger partial charge is 0.370 e. The number of thiazole rings is 1. The Morgan fingerprint density at radius 3 is 2.50 bits per heavy atom. The molecule has 0 unspecified atom stereocenters. The lowest BCUT2D eigenvalue weighted by Crippen LogP contribution is -2.11.